The molecule has 4 heteroatoms. The smallest absolute Gasteiger partial charge is 0.0729 e. The molecule has 3 aromatic rings. The van der Waals surface area contributed by atoms with Crippen molar-refractivity contribution >= 4 is 16.6 Å². The number of fused-ring (bicyclic) bond motifs is 1. The van der Waals surface area contributed by atoms with E-state index in [1.165, 1.54) is 0 Å². The molecule has 0 unspecified atom stereocenters. The molecule has 0 saturated heterocycles. The lowest BCUT2D eigenvalue weighted by molar-refractivity contribution is 1.28. The third-order valence-electron chi connectivity index (χ3n) is 2.85. The van der Waals surface area contributed by atoms with Crippen LogP contribution in [-0.2, 0) is 0 Å². The van der Waals surface area contributed by atoms with Crippen LogP contribution in [0.1, 0.15) is 0 Å². The quantitative estimate of drug-likeness (QED) is 0.530. The van der Waals surface area contributed by atoms with Crippen LogP contribution in [0.5, 0.6) is 0 Å². The number of hydrogen-bond acceptors (Lipinski definition) is 4. The molecular weight excluding hydrogens is 224 g/mol. The summed E-state index contributed by atoms with van der Waals surface area (Å²) in [5.41, 5.74) is 6.36. The van der Waals surface area contributed by atoms with Gasteiger partial charge in [-0.3, -0.25) is 15.8 Å². The van der Waals surface area contributed by atoms with Crippen LogP contribution in [0.3, 0.4) is 0 Å². The Morgan fingerprint density at radius 1 is 0.944 bits per heavy atom. The lowest BCUT2D eigenvalue weighted by Gasteiger charge is -2.07. The molecule has 18 heavy (non-hydrogen) atoms. The summed E-state index contributed by atoms with van der Waals surface area (Å²) in [5.74, 6) is 5.42. The van der Waals surface area contributed by atoms with E-state index in [-0.39, 0.29) is 0 Å². The predicted octanol–water partition coefficient (Wildman–Crippen LogP) is 2.58. The Kier molecular flexibility index (Phi) is 2.63. The average molecular weight is 236 g/mol. The van der Waals surface area contributed by atoms with Crippen molar-refractivity contribution in [2.75, 3.05) is 5.43 Å². The van der Waals surface area contributed by atoms with Gasteiger partial charge in [-0.15, -0.1) is 0 Å². The van der Waals surface area contributed by atoms with Gasteiger partial charge in [0.15, 0.2) is 0 Å². The number of rotatable bonds is 2. The number of benzene rings is 1. The Labute approximate surface area is 104 Å². The summed E-state index contributed by atoms with van der Waals surface area (Å²) in [6, 6.07) is 13.7. The van der Waals surface area contributed by atoms with Crippen LogP contribution >= 0.6 is 0 Å². The SMILES string of the molecule is NNc1ccnc(-c2cccc3ncccc23)c1. The first-order valence-corrected chi connectivity index (χ1v) is 5.65. The minimum absolute atomic E-state index is 0.834. The van der Waals surface area contributed by atoms with E-state index in [1.54, 1.807) is 12.4 Å². The number of anilines is 1. The predicted molar refractivity (Wildman–Crippen MR) is 72.8 cm³/mol. The highest BCUT2D eigenvalue weighted by atomic mass is 15.2. The van der Waals surface area contributed by atoms with Gasteiger partial charge in [-0.1, -0.05) is 18.2 Å². The highest BCUT2D eigenvalue weighted by Crippen LogP contribution is 2.27. The van der Waals surface area contributed by atoms with Crippen molar-refractivity contribution < 1.29 is 0 Å². The number of nitrogens with two attached hydrogens (primary N) is 1. The number of nitrogen functional groups attached to an aromatic ring is 1. The molecule has 0 saturated carbocycles. The molecule has 88 valence electrons. The second-order valence-electron chi connectivity index (χ2n) is 3.95. The number of nitrogens with one attached hydrogen (secondary N) is 1. The Hall–Kier alpha value is -2.46. The molecule has 2 heterocycles. The molecular formula is C14H12N4. The molecule has 0 spiro atoms. The summed E-state index contributed by atoms with van der Waals surface area (Å²) in [4.78, 5) is 8.73. The number of nitrogens with zero attached hydrogens (tertiary/aromatic N) is 2. The molecule has 0 amide bonds. The maximum absolute atomic E-state index is 5.42. The maximum atomic E-state index is 5.42. The van der Waals surface area contributed by atoms with E-state index < -0.39 is 0 Å². The first kappa shape index (κ1) is 10.7. The van der Waals surface area contributed by atoms with Gasteiger partial charge >= 0.3 is 0 Å². The van der Waals surface area contributed by atoms with Crippen molar-refractivity contribution in [3.8, 4) is 11.3 Å². The molecule has 0 atom stereocenters. The lowest BCUT2D eigenvalue weighted by atomic mass is 10.0. The highest BCUT2D eigenvalue weighted by molar-refractivity contribution is 5.93. The second kappa shape index (κ2) is 4.43. The largest absolute Gasteiger partial charge is 0.324 e. The van der Waals surface area contributed by atoms with E-state index in [1.807, 2.05) is 42.5 Å². The van der Waals surface area contributed by atoms with Gasteiger partial charge in [-0.2, -0.15) is 0 Å². The van der Waals surface area contributed by atoms with Crippen LogP contribution in [0.25, 0.3) is 22.2 Å². The first-order chi connectivity index (χ1) is 8.88. The lowest BCUT2D eigenvalue weighted by Crippen LogP contribution is -2.06. The van der Waals surface area contributed by atoms with Crippen LogP contribution in [0, 0.1) is 0 Å². The van der Waals surface area contributed by atoms with E-state index in [9.17, 15) is 0 Å². The molecule has 0 aliphatic rings. The van der Waals surface area contributed by atoms with Crippen LogP contribution in [0.4, 0.5) is 5.69 Å². The maximum Gasteiger partial charge on any atom is 0.0729 e. The van der Waals surface area contributed by atoms with Crippen LogP contribution in [0.2, 0.25) is 0 Å². The highest BCUT2D eigenvalue weighted by Gasteiger charge is 2.05. The van der Waals surface area contributed by atoms with Crippen molar-refractivity contribution in [1.82, 2.24) is 9.97 Å². The van der Waals surface area contributed by atoms with E-state index in [2.05, 4.69) is 15.4 Å². The zero-order chi connectivity index (χ0) is 12.4. The monoisotopic (exact) mass is 236 g/mol. The second-order valence-corrected chi connectivity index (χ2v) is 3.95. The number of hydrogen-bond donors (Lipinski definition) is 2. The van der Waals surface area contributed by atoms with E-state index in [0.29, 0.717) is 0 Å². The van der Waals surface area contributed by atoms with Gasteiger partial charge in [0.25, 0.3) is 0 Å². The molecule has 1 aromatic carbocycles. The van der Waals surface area contributed by atoms with Crippen molar-refractivity contribution in [1.29, 1.82) is 0 Å². The standard InChI is InChI=1S/C14H12N4/c15-18-10-6-8-17-14(9-10)12-3-1-5-13-11(12)4-2-7-16-13/h1-9H,15H2,(H,17,18). The Morgan fingerprint density at radius 3 is 2.78 bits per heavy atom. The number of hydrazine groups is 1. The van der Waals surface area contributed by atoms with E-state index >= 15 is 0 Å². The average Bonchev–Trinajstić information content (AvgIpc) is 2.47. The fraction of sp³-hybridized carbons (Fsp3) is 0. The van der Waals surface area contributed by atoms with Crippen molar-refractivity contribution in [2.45, 2.75) is 0 Å². The summed E-state index contributed by atoms with van der Waals surface area (Å²) < 4.78 is 0. The summed E-state index contributed by atoms with van der Waals surface area (Å²) in [7, 11) is 0. The third-order valence-corrected chi connectivity index (χ3v) is 2.85. The molecule has 0 aliphatic carbocycles. The number of pyridine rings is 2. The molecule has 0 radical (unpaired) electrons. The van der Waals surface area contributed by atoms with Gasteiger partial charge in [0.1, 0.15) is 0 Å². The molecule has 2 aromatic heterocycles. The van der Waals surface area contributed by atoms with Gasteiger partial charge in [0.2, 0.25) is 0 Å². The summed E-state index contributed by atoms with van der Waals surface area (Å²) in [6.07, 6.45) is 3.52. The molecule has 0 bridgehead atoms. The van der Waals surface area contributed by atoms with Crippen LogP contribution in [0.15, 0.2) is 54.9 Å². The molecule has 0 aliphatic heterocycles. The third kappa shape index (κ3) is 1.78. The van der Waals surface area contributed by atoms with Gasteiger partial charge < -0.3 is 5.43 Å². The first-order valence-electron chi connectivity index (χ1n) is 5.65. The van der Waals surface area contributed by atoms with Gasteiger partial charge in [-0.05, 0) is 24.3 Å². The molecule has 0 fully saturated rings. The molecule has 3 N–H and O–H groups in total. The van der Waals surface area contributed by atoms with Gasteiger partial charge in [0.05, 0.1) is 16.9 Å². The normalized spacial score (nSPS) is 10.5. The summed E-state index contributed by atoms with van der Waals surface area (Å²) in [6.45, 7) is 0. The molecule has 3 rings (SSSR count). The van der Waals surface area contributed by atoms with Crippen LogP contribution in [-0.4, -0.2) is 9.97 Å². The topological polar surface area (TPSA) is 63.8 Å². The fourth-order valence-corrected chi connectivity index (χ4v) is 1.99. The van der Waals surface area contributed by atoms with Gasteiger partial charge in [0, 0.05) is 23.3 Å². The Morgan fingerprint density at radius 2 is 1.89 bits per heavy atom. The summed E-state index contributed by atoms with van der Waals surface area (Å²) in [5, 5.41) is 1.08. The van der Waals surface area contributed by atoms with E-state index in [0.717, 1.165) is 27.8 Å². The fourth-order valence-electron chi connectivity index (χ4n) is 1.99. The zero-order valence-electron chi connectivity index (χ0n) is 9.67. The number of aromatic nitrogens is 2. The van der Waals surface area contributed by atoms with Crippen molar-refractivity contribution in [2.24, 2.45) is 5.84 Å². The van der Waals surface area contributed by atoms with Crippen LogP contribution < -0.4 is 11.3 Å². The molecule has 4 nitrogen and oxygen atoms in total. The van der Waals surface area contributed by atoms with E-state index in [4.69, 9.17) is 5.84 Å². The minimum Gasteiger partial charge on any atom is -0.324 e. The van der Waals surface area contributed by atoms with Crippen molar-refractivity contribution in [3.05, 3.63) is 54.9 Å². The van der Waals surface area contributed by atoms with Crippen molar-refractivity contribution in [3.63, 3.8) is 0 Å². The van der Waals surface area contributed by atoms with Gasteiger partial charge in [-0.25, -0.2) is 0 Å². The summed E-state index contributed by atoms with van der Waals surface area (Å²) >= 11 is 0. The Balaban J connectivity index is 2.24. The Bertz CT molecular complexity index is 689. The minimum atomic E-state index is 0.834. The zero-order valence-corrected chi connectivity index (χ0v) is 9.67.